The minimum absolute atomic E-state index is 0. The molecule has 0 heterocycles. The fourth-order valence-electron chi connectivity index (χ4n) is 4.22. The molecule has 21 nitrogen and oxygen atoms in total. The van der Waals surface area contributed by atoms with Crippen molar-refractivity contribution in [2.45, 2.75) is 14.7 Å². The number of benzene rings is 4. The number of hydrogen-bond acceptors (Lipinski definition) is 20. The summed E-state index contributed by atoms with van der Waals surface area (Å²) >= 11 is 0. The number of anilines is 2. The van der Waals surface area contributed by atoms with E-state index >= 15 is 0 Å². The molecule has 4 rings (SSSR count). The van der Waals surface area contributed by atoms with Crippen LogP contribution in [-0.2, 0) is 44.4 Å². The molecule has 0 amide bonds. The Morgan fingerprint density at radius 3 is 1.62 bits per heavy atom. The van der Waals surface area contributed by atoms with Crippen LogP contribution in [0.3, 0.4) is 0 Å². The normalized spacial score (nSPS) is 12.4. The smallest absolute Gasteiger partial charge is 0.744 e. The first-order chi connectivity index (χ1) is 25.1. The van der Waals surface area contributed by atoms with Gasteiger partial charge < -0.3 is 25.7 Å². The molecule has 0 spiro atoms. The van der Waals surface area contributed by atoms with E-state index in [0.717, 1.165) is 41.8 Å². The van der Waals surface area contributed by atoms with Gasteiger partial charge in [-0.15, -0.1) is 20.5 Å². The van der Waals surface area contributed by atoms with Gasteiger partial charge in [0.2, 0.25) is 10.4 Å². The van der Waals surface area contributed by atoms with Gasteiger partial charge in [0.25, 0.3) is 0 Å². The average molecular weight is 867 g/mol. The number of sulfone groups is 2. The monoisotopic (exact) mass is 866 g/mol. The van der Waals surface area contributed by atoms with E-state index in [9.17, 15) is 52.7 Å². The summed E-state index contributed by atoms with van der Waals surface area (Å²) in [5.41, 5.74) is 8.35. The minimum Gasteiger partial charge on any atom is -0.744 e. The van der Waals surface area contributed by atoms with Crippen LogP contribution in [-0.4, -0.2) is 66.2 Å². The third-order valence-electron chi connectivity index (χ3n) is 6.79. The van der Waals surface area contributed by atoms with E-state index in [1.807, 2.05) is 0 Å². The molecular weight excluding hydrogens is 843 g/mol. The molecule has 0 atom stereocenters. The molecule has 0 radical (unpaired) electrons. The van der Waals surface area contributed by atoms with Crippen LogP contribution >= 0.6 is 0 Å². The van der Waals surface area contributed by atoms with Crippen molar-refractivity contribution in [3.8, 4) is 0 Å². The van der Waals surface area contributed by atoms with Crippen molar-refractivity contribution in [2.75, 3.05) is 23.8 Å². The van der Waals surface area contributed by atoms with Crippen molar-refractivity contribution < 1.29 is 116 Å². The zero-order chi connectivity index (χ0) is 40.1. The largest absolute Gasteiger partial charge is 1.00 e. The van der Waals surface area contributed by atoms with Gasteiger partial charge >= 0.3 is 65.1 Å². The van der Waals surface area contributed by atoms with E-state index in [1.54, 1.807) is 0 Å². The summed E-state index contributed by atoms with van der Waals surface area (Å²) in [6.45, 7) is 2.31. The first kappa shape index (κ1) is 48.3. The van der Waals surface area contributed by atoms with Crippen LogP contribution in [0.2, 0.25) is 0 Å². The number of nitrogen functional groups attached to an aromatic ring is 2. The van der Waals surface area contributed by atoms with Crippen molar-refractivity contribution in [1.29, 1.82) is 0 Å². The van der Waals surface area contributed by atoms with Crippen LogP contribution in [0.4, 0.5) is 45.5 Å². The summed E-state index contributed by atoms with van der Waals surface area (Å²) in [6, 6.07) is 13.9. The molecule has 56 heavy (non-hydrogen) atoms. The molecule has 0 saturated heterocycles. The Balaban J connectivity index is 0.00000541. The molecule has 0 aliphatic heterocycles. The molecule has 0 unspecified atom stereocenters. The number of hydrogen-bond donors (Lipinski definition) is 3. The molecule has 0 fully saturated rings. The first-order valence-electron chi connectivity index (χ1n) is 14.3. The fraction of sp³-hybridized carbons (Fsp3) is 0.0690. The predicted octanol–water partition coefficient (Wildman–Crippen LogP) is -1.12. The Morgan fingerprint density at radius 2 is 1.16 bits per heavy atom. The molecule has 5 N–H and O–H groups in total. The summed E-state index contributed by atoms with van der Waals surface area (Å²) in [5, 5.41) is 34.3. The maximum Gasteiger partial charge on any atom is 1.00 e. The van der Waals surface area contributed by atoms with E-state index in [0.29, 0.717) is 0 Å². The molecule has 4 aromatic rings. The SMILES string of the molecule is C=CS(=O)(=O)c1ccc(N=Nc2c(N)c(N=Nc3ccc(S(=O)(=O)CCOS(=O)(=O)[O-])cc3)c(C(=O)O)c(N=Nc3ccccc3S(=O)(=O)[O-])c2N)cc1.[Na+].[Na+]. The summed E-state index contributed by atoms with van der Waals surface area (Å²) < 4.78 is 120. The van der Waals surface area contributed by atoms with E-state index in [2.05, 4.69) is 41.4 Å². The second-order valence-corrected chi connectivity index (χ2v) is 16.7. The second kappa shape index (κ2) is 19.5. The number of carboxylic acid groups (broad SMARTS) is 1. The Morgan fingerprint density at radius 1 is 0.696 bits per heavy atom. The quantitative estimate of drug-likeness (QED) is 0.0419. The van der Waals surface area contributed by atoms with Crippen LogP contribution in [0.1, 0.15) is 10.4 Å². The Hall–Kier alpha value is -3.83. The van der Waals surface area contributed by atoms with Crippen molar-refractivity contribution in [2.24, 2.45) is 30.7 Å². The van der Waals surface area contributed by atoms with E-state index < -0.39 is 103 Å². The van der Waals surface area contributed by atoms with Crippen LogP contribution in [0, 0.1) is 0 Å². The summed E-state index contributed by atoms with van der Waals surface area (Å²) in [5.74, 6) is -2.61. The first-order valence-corrected chi connectivity index (χ1v) is 20.3. The molecule has 284 valence electrons. The topological polar surface area (TPSA) is 355 Å². The van der Waals surface area contributed by atoms with Gasteiger partial charge in [-0.2, -0.15) is 10.2 Å². The summed E-state index contributed by atoms with van der Waals surface area (Å²) in [6.07, 6.45) is 0. The maximum atomic E-state index is 12.6. The Labute approximate surface area is 363 Å². The van der Waals surface area contributed by atoms with E-state index in [1.165, 1.54) is 36.4 Å². The molecule has 0 bridgehead atoms. The average Bonchev–Trinajstić information content (AvgIpc) is 3.10. The number of azo groups is 3. The van der Waals surface area contributed by atoms with E-state index in [4.69, 9.17) is 11.5 Å². The standard InChI is InChI=1S/C29H26N8O13S4.2Na/c1-2-51(40,41)19-11-7-18(8-12-19)33-37-28-24(30)26(35-32-17-9-13-20(14-10-17)52(42,43)16-15-50-54(47,48)49)23(29(38)39)27(25(28)31)36-34-21-5-3-4-6-22(21)53(44,45)46;;/h2-14H,1,15-16,30-31H2,(H,38,39)(H,44,45,46)(H,47,48,49);;/q;2*+1/p-2. The zero-order valence-electron chi connectivity index (χ0n) is 28.9. The van der Waals surface area contributed by atoms with E-state index in [-0.39, 0.29) is 80.3 Å². The fourth-order valence-corrected chi connectivity index (χ4v) is 7.02. The van der Waals surface area contributed by atoms with Gasteiger partial charge in [0.15, 0.2) is 19.7 Å². The van der Waals surface area contributed by atoms with Crippen molar-refractivity contribution in [3.63, 3.8) is 0 Å². The van der Waals surface area contributed by atoms with Crippen LogP contribution in [0.5, 0.6) is 0 Å². The zero-order valence-corrected chi connectivity index (χ0v) is 36.2. The number of nitrogens with two attached hydrogens (primary N) is 2. The Kier molecular flexibility index (Phi) is 16.9. The number of carboxylic acids is 1. The minimum atomic E-state index is -5.13. The van der Waals surface area contributed by atoms with Crippen LogP contribution < -0.4 is 70.6 Å². The van der Waals surface area contributed by atoms with Crippen molar-refractivity contribution in [3.05, 3.63) is 90.3 Å². The molecule has 4 aromatic carbocycles. The number of nitrogens with zero attached hydrogens (tertiary/aromatic N) is 6. The third kappa shape index (κ3) is 12.3. The van der Waals surface area contributed by atoms with Crippen LogP contribution in [0.15, 0.2) is 130 Å². The second-order valence-electron chi connectivity index (χ2n) is 10.3. The maximum absolute atomic E-state index is 12.6. The van der Waals surface area contributed by atoms with Gasteiger partial charge in [-0.3, -0.25) is 4.18 Å². The number of aromatic carboxylic acids is 1. The summed E-state index contributed by atoms with van der Waals surface area (Å²) in [7, 11) is -18.1. The molecule has 0 aliphatic rings. The van der Waals surface area contributed by atoms with Crippen LogP contribution in [0.25, 0.3) is 0 Å². The molecule has 0 aliphatic carbocycles. The molecule has 0 saturated carbocycles. The molecular formula is C29H24N8Na2O13S4. The van der Waals surface area contributed by atoms with Gasteiger partial charge in [0.1, 0.15) is 38.4 Å². The van der Waals surface area contributed by atoms with Gasteiger partial charge in [-0.25, -0.2) is 38.5 Å². The molecule has 0 aromatic heterocycles. The molecule has 27 heteroatoms. The Bertz CT molecular complexity index is 2680. The number of carbonyl (C=O) groups is 1. The van der Waals surface area contributed by atoms with Gasteiger partial charge in [0.05, 0.1) is 49.8 Å². The predicted molar refractivity (Wildman–Crippen MR) is 187 cm³/mol. The van der Waals surface area contributed by atoms with Crippen molar-refractivity contribution in [1.82, 2.24) is 0 Å². The van der Waals surface area contributed by atoms with Gasteiger partial charge in [-0.05, 0) is 60.7 Å². The van der Waals surface area contributed by atoms with Gasteiger partial charge in [0, 0.05) is 5.41 Å². The number of rotatable bonds is 15. The van der Waals surface area contributed by atoms with Gasteiger partial charge in [-0.1, -0.05) is 18.7 Å². The van der Waals surface area contributed by atoms with Crippen molar-refractivity contribution >= 4 is 91.7 Å². The third-order valence-corrected chi connectivity index (χ3v) is 11.2. The summed E-state index contributed by atoms with van der Waals surface area (Å²) in [4.78, 5) is 11.4.